The molecule has 1 aliphatic carbocycles. The molecule has 4 nitrogen and oxygen atoms in total. The molecule has 1 amide bonds. The number of rotatable bonds is 2. The summed E-state index contributed by atoms with van der Waals surface area (Å²) in [7, 11) is 0. The number of ether oxygens (including phenoxy) is 1. The van der Waals surface area contributed by atoms with Gasteiger partial charge in [-0.1, -0.05) is 19.3 Å². The molecule has 3 atom stereocenters. The van der Waals surface area contributed by atoms with Crippen molar-refractivity contribution in [3.63, 3.8) is 0 Å². The third-order valence-corrected chi connectivity index (χ3v) is 3.61. The van der Waals surface area contributed by atoms with Gasteiger partial charge in [0, 0.05) is 6.61 Å². The van der Waals surface area contributed by atoms with Crippen LogP contribution >= 0.6 is 0 Å². The fraction of sp³-hybridized carbons (Fsp3) is 0.917. The summed E-state index contributed by atoms with van der Waals surface area (Å²) in [6.07, 6.45) is 5.49. The van der Waals surface area contributed by atoms with Gasteiger partial charge in [-0.3, -0.25) is 4.79 Å². The van der Waals surface area contributed by atoms with Crippen LogP contribution < -0.4 is 5.32 Å². The average molecular weight is 227 g/mol. The number of aliphatic hydroxyl groups excluding tert-OH is 1. The Bertz CT molecular complexity index is 238. The van der Waals surface area contributed by atoms with E-state index in [0.717, 1.165) is 38.5 Å². The van der Waals surface area contributed by atoms with Gasteiger partial charge in [0.1, 0.15) is 0 Å². The fourth-order valence-electron chi connectivity index (χ4n) is 2.50. The molecule has 0 bridgehead atoms. The molecule has 4 heteroatoms. The molecule has 0 spiro atoms. The lowest BCUT2D eigenvalue weighted by atomic mass is 10.0. The summed E-state index contributed by atoms with van der Waals surface area (Å²) < 4.78 is 5.20. The number of carbonyl (C=O) groups excluding carboxylic acids is 1. The third kappa shape index (κ3) is 2.95. The number of amides is 1. The van der Waals surface area contributed by atoms with Crippen LogP contribution in [0.15, 0.2) is 0 Å². The minimum Gasteiger partial charge on any atom is -0.391 e. The zero-order valence-electron chi connectivity index (χ0n) is 9.65. The molecule has 1 saturated heterocycles. The van der Waals surface area contributed by atoms with Gasteiger partial charge in [-0.2, -0.15) is 0 Å². The summed E-state index contributed by atoms with van der Waals surface area (Å²) >= 11 is 0. The van der Waals surface area contributed by atoms with Crippen LogP contribution in [-0.4, -0.2) is 36.4 Å². The molecule has 16 heavy (non-hydrogen) atoms. The molecule has 1 heterocycles. The van der Waals surface area contributed by atoms with E-state index >= 15 is 0 Å². The Kier molecular flexibility index (Phi) is 4.18. The molecule has 92 valence electrons. The quantitative estimate of drug-likeness (QED) is 0.687. The summed E-state index contributed by atoms with van der Waals surface area (Å²) in [6.45, 7) is 1.22. The Morgan fingerprint density at radius 1 is 1.19 bits per heavy atom. The highest BCUT2D eigenvalue weighted by atomic mass is 16.5. The summed E-state index contributed by atoms with van der Waals surface area (Å²) in [5, 5.41) is 12.9. The largest absolute Gasteiger partial charge is 0.391 e. The zero-order valence-corrected chi connectivity index (χ0v) is 9.65. The molecular formula is C12H21NO3. The van der Waals surface area contributed by atoms with Gasteiger partial charge in [-0.25, -0.2) is 0 Å². The molecule has 0 aromatic carbocycles. The maximum Gasteiger partial charge on any atom is 0.225 e. The molecule has 1 aliphatic heterocycles. The highest BCUT2D eigenvalue weighted by molar-refractivity contribution is 5.79. The van der Waals surface area contributed by atoms with Crippen LogP contribution in [-0.2, 0) is 9.53 Å². The lowest BCUT2D eigenvalue weighted by Gasteiger charge is -2.23. The van der Waals surface area contributed by atoms with Crippen molar-refractivity contribution in [3.05, 3.63) is 0 Å². The fourth-order valence-corrected chi connectivity index (χ4v) is 2.50. The number of nitrogens with one attached hydrogen (secondary N) is 1. The molecule has 0 radical (unpaired) electrons. The summed E-state index contributed by atoms with van der Waals surface area (Å²) in [6, 6.07) is -0.0457. The Labute approximate surface area is 96.4 Å². The van der Waals surface area contributed by atoms with E-state index < -0.39 is 0 Å². The highest BCUT2D eigenvalue weighted by Gasteiger charge is 2.28. The van der Waals surface area contributed by atoms with Gasteiger partial charge in [-0.05, 0) is 19.3 Å². The predicted octanol–water partition coefficient (Wildman–Crippen LogP) is 0.833. The van der Waals surface area contributed by atoms with Crippen molar-refractivity contribution in [2.45, 2.75) is 50.7 Å². The Morgan fingerprint density at radius 2 is 2.00 bits per heavy atom. The second kappa shape index (κ2) is 5.64. The molecule has 2 aliphatic rings. The Morgan fingerprint density at radius 3 is 2.75 bits per heavy atom. The van der Waals surface area contributed by atoms with Crippen molar-refractivity contribution in [2.24, 2.45) is 5.92 Å². The monoisotopic (exact) mass is 227 g/mol. The molecular weight excluding hydrogens is 206 g/mol. The summed E-state index contributed by atoms with van der Waals surface area (Å²) in [5.74, 6) is 0.0545. The van der Waals surface area contributed by atoms with Crippen LogP contribution in [0.3, 0.4) is 0 Å². The lowest BCUT2D eigenvalue weighted by Crippen LogP contribution is -2.45. The van der Waals surface area contributed by atoms with Gasteiger partial charge in [0.15, 0.2) is 0 Å². The van der Waals surface area contributed by atoms with Gasteiger partial charge >= 0.3 is 0 Å². The van der Waals surface area contributed by atoms with Gasteiger partial charge < -0.3 is 15.2 Å². The number of aliphatic hydroxyl groups is 1. The van der Waals surface area contributed by atoms with Crippen molar-refractivity contribution in [3.8, 4) is 0 Å². The first-order valence-electron chi connectivity index (χ1n) is 6.33. The second-order valence-electron chi connectivity index (χ2n) is 4.88. The van der Waals surface area contributed by atoms with Crippen molar-refractivity contribution >= 4 is 5.91 Å². The first-order valence-corrected chi connectivity index (χ1v) is 6.33. The van der Waals surface area contributed by atoms with Crippen molar-refractivity contribution in [1.82, 2.24) is 5.32 Å². The van der Waals surface area contributed by atoms with Crippen LogP contribution in [0, 0.1) is 5.92 Å². The summed E-state index contributed by atoms with van der Waals surface area (Å²) in [4.78, 5) is 11.9. The molecule has 2 fully saturated rings. The van der Waals surface area contributed by atoms with Gasteiger partial charge in [-0.15, -0.1) is 0 Å². The molecule has 2 N–H and O–H groups in total. The third-order valence-electron chi connectivity index (χ3n) is 3.61. The maximum absolute atomic E-state index is 11.9. The first kappa shape index (κ1) is 11.9. The smallest absolute Gasteiger partial charge is 0.225 e. The van der Waals surface area contributed by atoms with Crippen molar-refractivity contribution < 1.29 is 14.6 Å². The number of carbonyl (C=O) groups is 1. The topological polar surface area (TPSA) is 58.6 Å². The highest BCUT2D eigenvalue weighted by Crippen LogP contribution is 2.19. The molecule has 0 aromatic rings. The average Bonchev–Trinajstić information content (AvgIpc) is 2.73. The van der Waals surface area contributed by atoms with Crippen LogP contribution in [0.5, 0.6) is 0 Å². The first-order chi connectivity index (χ1) is 7.77. The van der Waals surface area contributed by atoms with E-state index in [1.54, 1.807) is 0 Å². The normalized spacial score (nSPS) is 35.7. The molecule has 1 saturated carbocycles. The molecule has 0 aromatic heterocycles. The van der Waals surface area contributed by atoms with Crippen LogP contribution in [0.25, 0.3) is 0 Å². The zero-order chi connectivity index (χ0) is 11.4. The SMILES string of the molecule is O=C(NC1CCCCCC1O)C1CCOC1. The minimum absolute atomic E-state index is 0.00421. The van der Waals surface area contributed by atoms with E-state index in [4.69, 9.17) is 4.74 Å². The summed E-state index contributed by atoms with van der Waals surface area (Å²) in [5.41, 5.74) is 0. The van der Waals surface area contributed by atoms with Crippen LogP contribution in [0.2, 0.25) is 0 Å². The van der Waals surface area contributed by atoms with E-state index in [2.05, 4.69) is 5.32 Å². The van der Waals surface area contributed by atoms with E-state index in [0.29, 0.717) is 13.2 Å². The Balaban J connectivity index is 1.84. The van der Waals surface area contributed by atoms with Crippen LogP contribution in [0.4, 0.5) is 0 Å². The Hall–Kier alpha value is -0.610. The van der Waals surface area contributed by atoms with Crippen molar-refractivity contribution in [2.75, 3.05) is 13.2 Å². The molecule has 3 unspecified atom stereocenters. The predicted molar refractivity (Wildman–Crippen MR) is 59.9 cm³/mol. The van der Waals surface area contributed by atoms with Gasteiger partial charge in [0.05, 0.1) is 24.7 Å². The standard InChI is InChI=1S/C12H21NO3/c14-11-5-3-1-2-4-10(11)13-12(15)9-6-7-16-8-9/h9-11,14H,1-8H2,(H,13,15). The lowest BCUT2D eigenvalue weighted by molar-refractivity contribution is -0.126. The number of hydrogen-bond acceptors (Lipinski definition) is 3. The second-order valence-corrected chi connectivity index (χ2v) is 4.88. The van der Waals surface area contributed by atoms with Crippen molar-refractivity contribution in [1.29, 1.82) is 0 Å². The number of hydrogen-bond donors (Lipinski definition) is 2. The van der Waals surface area contributed by atoms with Crippen LogP contribution in [0.1, 0.15) is 38.5 Å². The van der Waals surface area contributed by atoms with E-state index in [1.165, 1.54) is 0 Å². The van der Waals surface area contributed by atoms with E-state index in [-0.39, 0.29) is 24.0 Å². The minimum atomic E-state index is -0.367. The van der Waals surface area contributed by atoms with Gasteiger partial charge in [0.25, 0.3) is 0 Å². The van der Waals surface area contributed by atoms with Gasteiger partial charge in [0.2, 0.25) is 5.91 Å². The van der Waals surface area contributed by atoms with E-state index in [1.807, 2.05) is 0 Å². The maximum atomic E-state index is 11.9. The van der Waals surface area contributed by atoms with E-state index in [9.17, 15) is 9.90 Å². The molecule has 2 rings (SSSR count).